The molecular weight excluding hydrogens is 470 g/mol. The van der Waals surface area contributed by atoms with Crippen LogP contribution in [0.15, 0.2) is 109 Å². The highest BCUT2D eigenvalue weighted by Crippen LogP contribution is 2.31. The summed E-state index contributed by atoms with van der Waals surface area (Å²) in [6.45, 7) is 2.64. The molecule has 5 aromatic rings. The number of nitrogens with one attached hydrogen (secondary N) is 1. The number of aryl methyl sites for hydroxylation is 1. The molecule has 0 aliphatic carbocycles. The van der Waals surface area contributed by atoms with Crippen molar-refractivity contribution in [3.8, 4) is 5.75 Å². The summed E-state index contributed by atoms with van der Waals surface area (Å²) in [6, 6.07) is 33.0. The van der Waals surface area contributed by atoms with E-state index in [1.54, 1.807) is 7.11 Å². The van der Waals surface area contributed by atoms with Crippen LogP contribution >= 0.6 is 0 Å². The number of nitrogens with zero attached hydrogens (tertiary/aromatic N) is 2. The van der Waals surface area contributed by atoms with Crippen molar-refractivity contribution in [1.29, 1.82) is 0 Å². The molecule has 0 aliphatic rings. The van der Waals surface area contributed by atoms with Crippen LogP contribution in [0.25, 0.3) is 5.65 Å². The van der Waals surface area contributed by atoms with E-state index in [1.807, 2.05) is 42.7 Å². The van der Waals surface area contributed by atoms with Gasteiger partial charge < -0.3 is 14.5 Å². The number of pyridine rings is 1. The largest absolute Gasteiger partial charge is 0.497 e. The van der Waals surface area contributed by atoms with Crippen molar-refractivity contribution in [3.63, 3.8) is 0 Å². The predicted molar refractivity (Wildman–Crippen MR) is 152 cm³/mol. The molecule has 2 heterocycles. The number of carbonyl (C=O) groups excluding carboxylic acids is 1. The second-order valence-corrected chi connectivity index (χ2v) is 9.66. The number of benzene rings is 3. The van der Waals surface area contributed by atoms with Crippen molar-refractivity contribution in [2.45, 2.75) is 31.6 Å². The van der Waals surface area contributed by atoms with Crippen molar-refractivity contribution < 1.29 is 9.53 Å². The summed E-state index contributed by atoms with van der Waals surface area (Å²) in [4.78, 5) is 18.0. The van der Waals surface area contributed by atoms with Crippen LogP contribution in [-0.4, -0.2) is 28.9 Å². The van der Waals surface area contributed by atoms with E-state index in [9.17, 15) is 4.79 Å². The number of amides is 1. The Morgan fingerprint density at radius 1 is 0.868 bits per heavy atom. The number of aromatic nitrogens is 2. The van der Waals surface area contributed by atoms with Crippen LogP contribution in [-0.2, 0) is 4.79 Å². The first-order chi connectivity index (χ1) is 18.6. The van der Waals surface area contributed by atoms with E-state index in [0.717, 1.165) is 34.6 Å². The minimum atomic E-state index is -0.165. The summed E-state index contributed by atoms with van der Waals surface area (Å²) < 4.78 is 7.56. The maximum Gasteiger partial charge on any atom is 0.221 e. The molecule has 5 nitrogen and oxygen atoms in total. The molecule has 1 amide bonds. The molecule has 3 aromatic carbocycles. The summed E-state index contributed by atoms with van der Waals surface area (Å²) in [7, 11) is 1.66. The highest BCUT2D eigenvalue weighted by atomic mass is 16.5. The van der Waals surface area contributed by atoms with Gasteiger partial charge in [0.15, 0.2) is 0 Å². The molecule has 0 spiro atoms. The molecule has 0 fully saturated rings. The molecule has 0 aliphatic heterocycles. The Morgan fingerprint density at radius 3 is 2.24 bits per heavy atom. The number of hydrogen-bond donors (Lipinski definition) is 1. The molecular formula is C33H33N3O2. The van der Waals surface area contributed by atoms with Gasteiger partial charge in [0, 0.05) is 37.2 Å². The number of carbonyl (C=O) groups is 1. The number of fused-ring (bicyclic) bond motifs is 1. The smallest absolute Gasteiger partial charge is 0.221 e. The monoisotopic (exact) mass is 503 g/mol. The lowest BCUT2D eigenvalue weighted by Crippen LogP contribution is -2.27. The van der Waals surface area contributed by atoms with E-state index in [2.05, 4.69) is 88.4 Å². The molecule has 0 radical (unpaired) electrons. The third-order valence-electron chi connectivity index (χ3n) is 7.10. The van der Waals surface area contributed by atoms with Gasteiger partial charge in [-0.25, -0.2) is 4.98 Å². The van der Waals surface area contributed by atoms with E-state index in [1.165, 1.54) is 11.1 Å². The van der Waals surface area contributed by atoms with Crippen molar-refractivity contribution in [2.75, 3.05) is 13.7 Å². The first kappa shape index (κ1) is 25.3. The lowest BCUT2D eigenvalue weighted by Gasteiger charge is -2.20. The second-order valence-electron chi connectivity index (χ2n) is 9.66. The molecule has 192 valence electrons. The van der Waals surface area contributed by atoms with Crippen LogP contribution in [0.1, 0.15) is 52.6 Å². The topological polar surface area (TPSA) is 55.6 Å². The van der Waals surface area contributed by atoms with Gasteiger partial charge in [-0.1, -0.05) is 72.8 Å². The van der Waals surface area contributed by atoms with Crippen LogP contribution in [0.2, 0.25) is 0 Å². The van der Waals surface area contributed by atoms with E-state index in [4.69, 9.17) is 4.74 Å². The Morgan fingerprint density at radius 2 is 1.55 bits per heavy atom. The predicted octanol–water partition coefficient (Wildman–Crippen LogP) is 6.51. The van der Waals surface area contributed by atoms with Crippen LogP contribution in [0, 0.1) is 6.92 Å². The lowest BCUT2D eigenvalue weighted by atomic mass is 9.88. The van der Waals surface area contributed by atoms with Gasteiger partial charge in [-0.15, -0.1) is 0 Å². The number of hydrogen-bond acceptors (Lipinski definition) is 3. The molecule has 0 saturated carbocycles. The Balaban J connectivity index is 1.35. The number of methoxy groups -OCH3 is 1. The standard InChI is InChI=1S/C33H33N3O2/c1-24-17-19-36-31(23-35-32(36)20-24)30(27-14-9-15-28(21-27)38-2)22-33(37)34-18-16-29(25-10-5-3-6-11-25)26-12-7-4-8-13-26/h3-15,17,19-21,23,29-30H,16,18,22H2,1-2H3,(H,34,37). The molecule has 1 atom stereocenters. The summed E-state index contributed by atoms with van der Waals surface area (Å²) in [5.74, 6) is 0.835. The number of rotatable bonds is 10. The van der Waals surface area contributed by atoms with Crippen molar-refractivity contribution in [3.05, 3.63) is 137 Å². The van der Waals surface area contributed by atoms with E-state index in [-0.39, 0.29) is 17.7 Å². The highest BCUT2D eigenvalue weighted by Gasteiger charge is 2.23. The molecule has 0 bridgehead atoms. The van der Waals surface area contributed by atoms with Gasteiger partial charge in [0.1, 0.15) is 11.4 Å². The minimum Gasteiger partial charge on any atom is -0.497 e. The second kappa shape index (κ2) is 11.8. The van der Waals surface area contributed by atoms with E-state index in [0.29, 0.717) is 13.0 Å². The summed E-state index contributed by atoms with van der Waals surface area (Å²) in [5.41, 5.74) is 6.54. The van der Waals surface area contributed by atoms with Gasteiger partial charge in [0.25, 0.3) is 0 Å². The zero-order chi connectivity index (χ0) is 26.3. The molecule has 5 heteroatoms. The maximum atomic E-state index is 13.3. The Labute approximate surface area is 224 Å². The SMILES string of the molecule is COc1cccc(C(CC(=O)NCCC(c2ccccc2)c2ccccc2)c2cnc3cc(C)ccn23)c1. The fourth-order valence-corrected chi connectivity index (χ4v) is 5.12. The zero-order valence-electron chi connectivity index (χ0n) is 21.9. The minimum absolute atomic E-state index is 0.0137. The summed E-state index contributed by atoms with van der Waals surface area (Å²) in [5, 5.41) is 3.20. The van der Waals surface area contributed by atoms with Gasteiger partial charge in [0.2, 0.25) is 5.91 Å². The molecule has 5 rings (SSSR count). The highest BCUT2D eigenvalue weighted by molar-refractivity contribution is 5.77. The normalized spacial score (nSPS) is 12.0. The molecule has 0 saturated heterocycles. The van der Waals surface area contributed by atoms with Crippen LogP contribution in [0.4, 0.5) is 0 Å². The maximum absolute atomic E-state index is 13.3. The molecule has 2 aromatic heterocycles. The van der Waals surface area contributed by atoms with Crippen molar-refractivity contribution in [2.24, 2.45) is 0 Å². The molecule has 1 N–H and O–H groups in total. The first-order valence-corrected chi connectivity index (χ1v) is 13.1. The Hall–Kier alpha value is -4.38. The average Bonchev–Trinajstić information content (AvgIpc) is 3.37. The third kappa shape index (κ3) is 5.78. The molecule has 38 heavy (non-hydrogen) atoms. The van der Waals surface area contributed by atoms with Gasteiger partial charge in [-0.05, 0) is 59.9 Å². The van der Waals surface area contributed by atoms with Crippen molar-refractivity contribution >= 4 is 11.6 Å². The van der Waals surface area contributed by atoms with Crippen LogP contribution < -0.4 is 10.1 Å². The zero-order valence-corrected chi connectivity index (χ0v) is 21.9. The van der Waals surface area contributed by atoms with Crippen molar-refractivity contribution in [1.82, 2.24) is 14.7 Å². The van der Waals surface area contributed by atoms with E-state index >= 15 is 0 Å². The first-order valence-electron chi connectivity index (χ1n) is 13.1. The lowest BCUT2D eigenvalue weighted by molar-refractivity contribution is -0.121. The Kier molecular flexibility index (Phi) is 7.84. The fourth-order valence-electron chi connectivity index (χ4n) is 5.12. The quantitative estimate of drug-likeness (QED) is 0.236. The van der Waals surface area contributed by atoms with Gasteiger partial charge in [-0.3, -0.25) is 4.79 Å². The van der Waals surface area contributed by atoms with Gasteiger partial charge in [-0.2, -0.15) is 0 Å². The Bertz CT molecular complexity index is 1460. The van der Waals surface area contributed by atoms with Gasteiger partial charge in [0.05, 0.1) is 12.8 Å². The average molecular weight is 504 g/mol. The van der Waals surface area contributed by atoms with Crippen LogP contribution in [0.3, 0.4) is 0 Å². The fraction of sp³-hybridized carbons (Fsp3) is 0.212. The number of ether oxygens (including phenoxy) is 1. The summed E-state index contributed by atoms with van der Waals surface area (Å²) >= 11 is 0. The third-order valence-corrected chi connectivity index (χ3v) is 7.10. The summed E-state index contributed by atoms with van der Waals surface area (Å²) in [6.07, 6.45) is 5.05. The van der Waals surface area contributed by atoms with Crippen LogP contribution in [0.5, 0.6) is 5.75 Å². The number of imidazole rings is 1. The molecule has 1 unspecified atom stereocenters. The van der Waals surface area contributed by atoms with Gasteiger partial charge >= 0.3 is 0 Å². The van der Waals surface area contributed by atoms with E-state index < -0.39 is 0 Å².